The number of rotatable bonds is 4. The van der Waals surface area contributed by atoms with E-state index in [0.29, 0.717) is 31.8 Å². The van der Waals surface area contributed by atoms with Gasteiger partial charge in [0, 0.05) is 25.6 Å². The van der Waals surface area contributed by atoms with Crippen LogP contribution in [0.5, 0.6) is 0 Å². The maximum absolute atomic E-state index is 12.3. The summed E-state index contributed by atoms with van der Waals surface area (Å²) in [4.78, 5) is 25.6. The lowest BCUT2D eigenvalue weighted by Crippen LogP contribution is -2.59. The highest BCUT2D eigenvalue weighted by Gasteiger charge is 2.44. The van der Waals surface area contributed by atoms with Crippen LogP contribution in [-0.4, -0.2) is 52.3 Å². The van der Waals surface area contributed by atoms with Crippen LogP contribution < -0.4 is 5.32 Å². The van der Waals surface area contributed by atoms with Gasteiger partial charge in [0.1, 0.15) is 5.54 Å². The molecular formula is C15H26N2O4. The molecule has 3 N–H and O–H groups in total. The third-order valence-electron chi connectivity index (χ3n) is 5.12. The molecule has 2 fully saturated rings. The second-order valence-corrected chi connectivity index (χ2v) is 6.45. The maximum atomic E-state index is 12.3. The Bertz CT molecular complexity index is 391. The zero-order chi connectivity index (χ0) is 15.5. The number of amides is 2. The van der Waals surface area contributed by atoms with Crippen LogP contribution in [0.2, 0.25) is 0 Å². The molecule has 0 radical (unpaired) electrons. The van der Waals surface area contributed by atoms with Crippen molar-refractivity contribution in [3.63, 3.8) is 0 Å². The molecule has 2 rings (SSSR count). The van der Waals surface area contributed by atoms with E-state index < -0.39 is 11.5 Å². The zero-order valence-electron chi connectivity index (χ0n) is 12.7. The fraction of sp³-hybridized carbons (Fsp3) is 0.867. The van der Waals surface area contributed by atoms with Crippen molar-refractivity contribution in [3.8, 4) is 0 Å². The summed E-state index contributed by atoms with van der Waals surface area (Å²) >= 11 is 0. The van der Waals surface area contributed by atoms with Crippen molar-refractivity contribution in [1.82, 2.24) is 10.2 Å². The number of aliphatic hydroxyl groups excluding tert-OH is 1. The van der Waals surface area contributed by atoms with Crippen molar-refractivity contribution in [3.05, 3.63) is 0 Å². The molecule has 2 aliphatic rings. The summed E-state index contributed by atoms with van der Waals surface area (Å²) in [6.07, 6.45) is 4.55. The lowest BCUT2D eigenvalue weighted by molar-refractivity contribution is -0.146. The highest BCUT2D eigenvalue weighted by Crippen LogP contribution is 2.34. The molecule has 0 aromatic carbocycles. The van der Waals surface area contributed by atoms with Crippen LogP contribution >= 0.6 is 0 Å². The quantitative estimate of drug-likeness (QED) is 0.732. The lowest BCUT2D eigenvalue weighted by Gasteiger charge is -2.38. The average molecular weight is 298 g/mol. The molecule has 1 atom stereocenters. The molecule has 1 aliphatic heterocycles. The van der Waals surface area contributed by atoms with Gasteiger partial charge in [0.05, 0.1) is 0 Å². The summed E-state index contributed by atoms with van der Waals surface area (Å²) in [5.74, 6) is -0.240. The molecule has 1 heterocycles. The van der Waals surface area contributed by atoms with Gasteiger partial charge in [-0.2, -0.15) is 0 Å². The number of aliphatic hydroxyl groups is 1. The van der Waals surface area contributed by atoms with Crippen LogP contribution in [0.3, 0.4) is 0 Å². The lowest BCUT2D eigenvalue weighted by atomic mass is 9.75. The molecule has 2 amide bonds. The molecule has 1 saturated heterocycles. The van der Waals surface area contributed by atoms with Crippen molar-refractivity contribution >= 4 is 12.0 Å². The summed E-state index contributed by atoms with van der Waals surface area (Å²) in [6.45, 7) is 3.29. The van der Waals surface area contributed by atoms with Crippen LogP contribution in [-0.2, 0) is 4.79 Å². The monoisotopic (exact) mass is 298 g/mol. The van der Waals surface area contributed by atoms with Gasteiger partial charge in [0.15, 0.2) is 0 Å². The fourth-order valence-electron chi connectivity index (χ4n) is 3.42. The van der Waals surface area contributed by atoms with E-state index in [1.807, 2.05) is 0 Å². The number of hydrogen-bond donors (Lipinski definition) is 3. The highest BCUT2D eigenvalue weighted by atomic mass is 16.4. The Hall–Kier alpha value is -1.30. The predicted molar refractivity (Wildman–Crippen MR) is 77.9 cm³/mol. The number of carbonyl (C=O) groups excluding carboxylic acids is 1. The molecule has 0 aromatic rings. The van der Waals surface area contributed by atoms with Crippen molar-refractivity contribution in [2.75, 3.05) is 19.7 Å². The Balaban J connectivity index is 1.97. The molecule has 0 spiro atoms. The highest BCUT2D eigenvalue weighted by molar-refractivity contribution is 5.86. The van der Waals surface area contributed by atoms with Gasteiger partial charge in [-0.1, -0.05) is 13.3 Å². The largest absolute Gasteiger partial charge is 0.480 e. The number of urea groups is 1. The van der Waals surface area contributed by atoms with Gasteiger partial charge in [-0.25, -0.2) is 9.59 Å². The van der Waals surface area contributed by atoms with Gasteiger partial charge in [0.2, 0.25) is 0 Å². The fourth-order valence-corrected chi connectivity index (χ4v) is 3.42. The molecule has 1 aliphatic carbocycles. The van der Waals surface area contributed by atoms with Gasteiger partial charge >= 0.3 is 12.0 Å². The SMILES string of the molecule is CCC1CCC(NC(=O)N2CCC(CO)C2)(C(=O)O)CC1. The first-order valence-electron chi connectivity index (χ1n) is 7.92. The van der Waals surface area contributed by atoms with E-state index in [-0.39, 0.29) is 18.6 Å². The number of hydrogen-bond acceptors (Lipinski definition) is 3. The standard InChI is InChI=1S/C15H26N2O4/c1-2-11-3-6-15(7-4-11,13(19)20)16-14(21)17-8-5-12(9-17)10-18/h11-12,18H,2-10H2,1H3,(H,16,21)(H,19,20). The van der Waals surface area contributed by atoms with Crippen molar-refractivity contribution in [2.24, 2.45) is 11.8 Å². The average Bonchev–Trinajstić information content (AvgIpc) is 2.97. The zero-order valence-corrected chi connectivity index (χ0v) is 12.7. The molecule has 0 bridgehead atoms. The number of carboxylic acid groups (broad SMARTS) is 1. The molecule has 1 unspecified atom stereocenters. The summed E-state index contributed by atoms with van der Waals surface area (Å²) in [6, 6.07) is -0.303. The first-order valence-corrected chi connectivity index (χ1v) is 7.92. The Labute approximate surface area is 125 Å². The van der Waals surface area contributed by atoms with Gasteiger partial charge in [-0.05, 0) is 38.0 Å². The van der Waals surface area contributed by atoms with E-state index in [2.05, 4.69) is 12.2 Å². The molecule has 6 heteroatoms. The van der Waals surface area contributed by atoms with E-state index in [9.17, 15) is 14.7 Å². The normalized spacial score (nSPS) is 33.0. The van der Waals surface area contributed by atoms with Crippen LogP contribution in [0.1, 0.15) is 45.4 Å². The van der Waals surface area contributed by atoms with E-state index >= 15 is 0 Å². The Morgan fingerprint density at radius 1 is 1.24 bits per heavy atom. The minimum Gasteiger partial charge on any atom is -0.480 e. The summed E-state index contributed by atoms with van der Waals surface area (Å²) < 4.78 is 0. The Morgan fingerprint density at radius 2 is 1.90 bits per heavy atom. The van der Waals surface area contributed by atoms with Crippen molar-refractivity contribution < 1.29 is 19.8 Å². The van der Waals surface area contributed by atoms with Crippen LogP contribution in [0.25, 0.3) is 0 Å². The summed E-state index contributed by atoms with van der Waals surface area (Å²) in [7, 11) is 0. The van der Waals surface area contributed by atoms with Gasteiger partial charge in [-0.15, -0.1) is 0 Å². The van der Waals surface area contributed by atoms with Gasteiger partial charge in [0.25, 0.3) is 0 Å². The number of nitrogens with zero attached hydrogens (tertiary/aromatic N) is 1. The number of nitrogens with one attached hydrogen (secondary N) is 1. The summed E-state index contributed by atoms with van der Waals surface area (Å²) in [5, 5.41) is 21.5. The minimum atomic E-state index is -1.11. The molecule has 120 valence electrons. The van der Waals surface area contributed by atoms with E-state index in [0.717, 1.165) is 25.7 Å². The first kappa shape index (κ1) is 16.1. The number of carbonyl (C=O) groups is 2. The number of aliphatic carboxylic acids is 1. The Kier molecular flexibility index (Phi) is 5.08. The van der Waals surface area contributed by atoms with E-state index in [1.165, 1.54) is 0 Å². The maximum Gasteiger partial charge on any atom is 0.329 e. The van der Waals surface area contributed by atoms with Crippen LogP contribution in [0.4, 0.5) is 4.79 Å². The minimum absolute atomic E-state index is 0.0754. The van der Waals surface area contributed by atoms with E-state index in [4.69, 9.17) is 5.11 Å². The second kappa shape index (κ2) is 6.64. The predicted octanol–water partition coefficient (Wildman–Crippen LogP) is 1.43. The number of carboxylic acids is 1. The van der Waals surface area contributed by atoms with E-state index in [1.54, 1.807) is 4.90 Å². The van der Waals surface area contributed by atoms with Crippen LogP contribution in [0, 0.1) is 11.8 Å². The molecule has 0 aromatic heterocycles. The second-order valence-electron chi connectivity index (χ2n) is 6.45. The van der Waals surface area contributed by atoms with Crippen molar-refractivity contribution in [2.45, 2.75) is 51.0 Å². The third-order valence-corrected chi connectivity index (χ3v) is 5.12. The van der Waals surface area contributed by atoms with Gasteiger partial charge in [-0.3, -0.25) is 0 Å². The third kappa shape index (κ3) is 3.48. The number of likely N-dealkylation sites (tertiary alicyclic amines) is 1. The Morgan fingerprint density at radius 3 is 2.38 bits per heavy atom. The molecule has 21 heavy (non-hydrogen) atoms. The first-order chi connectivity index (χ1) is 10.0. The molecule has 1 saturated carbocycles. The smallest absolute Gasteiger partial charge is 0.329 e. The topological polar surface area (TPSA) is 89.9 Å². The van der Waals surface area contributed by atoms with Gasteiger partial charge < -0.3 is 20.4 Å². The van der Waals surface area contributed by atoms with Crippen molar-refractivity contribution in [1.29, 1.82) is 0 Å². The summed E-state index contributed by atoms with van der Waals surface area (Å²) in [5.41, 5.74) is -1.11. The molecular weight excluding hydrogens is 272 g/mol. The van der Waals surface area contributed by atoms with Crippen LogP contribution in [0.15, 0.2) is 0 Å². The molecule has 6 nitrogen and oxygen atoms in total.